The van der Waals surface area contributed by atoms with Gasteiger partial charge in [-0.1, -0.05) is 30.3 Å². The highest BCUT2D eigenvalue weighted by atomic mass is 15.3. The summed E-state index contributed by atoms with van der Waals surface area (Å²) < 4.78 is 0. The summed E-state index contributed by atoms with van der Waals surface area (Å²) in [6, 6.07) is 11.4. The maximum atomic E-state index is 5.01. The van der Waals surface area contributed by atoms with Crippen molar-refractivity contribution >= 4 is 5.96 Å². The van der Waals surface area contributed by atoms with Gasteiger partial charge in [0.05, 0.1) is 6.54 Å². The molecule has 1 aromatic rings. The fourth-order valence-corrected chi connectivity index (χ4v) is 4.16. The first kappa shape index (κ1) is 20.2. The Morgan fingerprint density at radius 3 is 2.59 bits per heavy atom. The van der Waals surface area contributed by atoms with Crippen LogP contribution in [0, 0.1) is 5.92 Å². The third kappa shape index (κ3) is 5.94. The van der Waals surface area contributed by atoms with Gasteiger partial charge in [-0.3, -0.25) is 9.89 Å². The zero-order valence-corrected chi connectivity index (χ0v) is 17.4. The van der Waals surface area contributed by atoms with Gasteiger partial charge in [-0.15, -0.1) is 0 Å². The molecule has 27 heavy (non-hydrogen) atoms. The van der Waals surface area contributed by atoms with E-state index in [4.69, 9.17) is 4.99 Å². The molecule has 2 saturated heterocycles. The summed E-state index contributed by atoms with van der Waals surface area (Å²) in [5.74, 6) is 1.83. The van der Waals surface area contributed by atoms with E-state index < -0.39 is 0 Å². The zero-order chi connectivity index (χ0) is 19.1. The molecule has 1 N–H and O–H groups in total. The van der Waals surface area contributed by atoms with E-state index in [1.165, 1.54) is 31.5 Å². The number of hydrogen-bond acceptors (Lipinski definition) is 3. The molecule has 2 aliphatic rings. The predicted molar refractivity (Wildman–Crippen MR) is 114 cm³/mol. The average molecular weight is 372 g/mol. The van der Waals surface area contributed by atoms with Gasteiger partial charge in [-0.25, -0.2) is 0 Å². The van der Waals surface area contributed by atoms with Gasteiger partial charge in [0, 0.05) is 51.9 Å². The van der Waals surface area contributed by atoms with Crippen LogP contribution in [0.15, 0.2) is 35.3 Å². The normalized spacial score (nSPS) is 23.6. The molecular weight excluding hydrogens is 334 g/mol. The van der Waals surface area contributed by atoms with Crippen molar-refractivity contribution in [1.82, 2.24) is 20.0 Å². The van der Waals surface area contributed by atoms with Crippen LogP contribution in [0.25, 0.3) is 0 Å². The Morgan fingerprint density at radius 2 is 1.89 bits per heavy atom. The van der Waals surface area contributed by atoms with Crippen LogP contribution in [0.2, 0.25) is 0 Å². The number of guanidine groups is 1. The highest BCUT2D eigenvalue weighted by Gasteiger charge is 2.25. The molecule has 2 atom stereocenters. The largest absolute Gasteiger partial charge is 0.357 e. The molecule has 0 aliphatic carbocycles. The molecule has 0 saturated carbocycles. The maximum Gasteiger partial charge on any atom is 0.193 e. The number of benzene rings is 1. The Bertz CT molecular complexity index is 580. The summed E-state index contributed by atoms with van der Waals surface area (Å²) in [6.45, 7) is 13.2. The Kier molecular flexibility index (Phi) is 7.53. The van der Waals surface area contributed by atoms with Gasteiger partial charge in [-0.05, 0) is 45.2 Å². The lowest BCUT2D eigenvalue weighted by molar-refractivity contribution is 0.122. The van der Waals surface area contributed by atoms with E-state index in [1.54, 1.807) is 0 Å². The second-order valence-corrected chi connectivity index (χ2v) is 8.17. The Morgan fingerprint density at radius 1 is 1.15 bits per heavy atom. The van der Waals surface area contributed by atoms with E-state index in [0.29, 0.717) is 6.04 Å². The fraction of sp³-hybridized carbons (Fsp3) is 0.682. The summed E-state index contributed by atoms with van der Waals surface area (Å²) in [5.41, 5.74) is 1.45. The molecule has 2 fully saturated rings. The van der Waals surface area contributed by atoms with Crippen LogP contribution in [-0.2, 0) is 6.42 Å². The van der Waals surface area contributed by atoms with E-state index in [2.05, 4.69) is 71.2 Å². The SMILES string of the molecule is CCNC(=NCC(C)N1CCN(C)CC1)N1CCC(Cc2ccccc2)C1. The number of likely N-dealkylation sites (tertiary alicyclic amines) is 1. The molecule has 0 spiro atoms. The second kappa shape index (κ2) is 10.1. The standard InChI is InChI=1S/C22H37N5/c1-4-23-22(24-17-19(2)26-14-12-25(3)13-15-26)27-11-10-21(18-27)16-20-8-6-5-7-9-20/h5-9,19,21H,4,10-18H2,1-3H3,(H,23,24). The number of piperazine rings is 1. The lowest BCUT2D eigenvalue weighted by atomic mass is 9.99. The summed E-state index contributed by atoms with van der Waals surface area (Å²) in [6.07, 6.45) is 2.43. The van der Waals surface area contributed by atoms with Gasteiger partial charge < -0.3 is 15.1 Å². The van der Waals surface area contributed by atoms with Crippen molar-refractivity contribution in [2.45, 2.75) is 32.7 Å². The van der Waals surface area contributed by atoms with Crippen LogP contribution in [-0.4, -0.2) is 86.1 Å². The van der Waals surface area contributed by atoms with Crippen molar-refractivity contribution in [3.05, 3.63) is 35.9 Å². The molecule has 5 heteroatoms. The zero-order valence-electron chi connectivity index (χ0n) is 17.4. The van der Waals surface area contributed by atoms with Crippen molar-refractivity contribution in [2.24, 2.45) is 10.9 Å². The lowest BCUT2D eigenvalue weighted by Gasteiger charge is -2.36. The highest BCUT2D eigenvalue weighted by molar-refractivity contribution is 5.80. The molecule has 2 unspecified atom stereocenters. The van der Waals surface area contributed by atoms with Crippen LogP contribution < -0.4 is 5.32 Å². The molecule has 0 radical (unpaired) electrons. The first-order valence-electron chi connectivity index (χ1n) is 10.7. The van der Waals surface area contributed by atoms with E-state index in [-0.39, 0.29) is 0 Å². The fourth-order valence-electron chi connectivity index (χ4n) is 4.16. The third-order valence-corrected chi connectivity index (χ3v) is 5.95. The number of nitrogens with zero attached hydrogens (tertiary/aromatic N) is 4. The number of likely N-dealkylation sites (N-methyl/N-ethyl adjacent to an activating group) is 1. The average Bonchev–Trinajstić information content (AvgIpc) is 3.14. The van der Waals surface area contributed by atoms with E-state index in [1.807, 2.05) is 0 Å². The van der Waals surface area contributed by atoms with Gasteiger partial charge in [0.25, 0.3) is 0 Å². The van der Waals surface area contributed by atoms with Gasteiger partial charge in [-0.2, -0.15) is 0 Å². The maximum absolute atomic E-state index is 5.01. The van der Waals surface area contributed by atoms with Crippen molar-refractivity contribution in [3.8, 4) is 0 Å². The summed E-state index contributed by atoms with van der Waals surface area (Å²) >= 11 is 0. The molecule has 0 bridgehead atoms. The van der Waals surface area contributed by atoms with Crippen molar-refractivity contribution in [3.63, 3.8) is 0 Å². The topological polar surface area (TPSA) is 34.1 Å². The van der Waals surface area contributed by atoms with Crippen LogP contribution in [0.3, 0.4) is 0 Å². The summed E-state index contributed by atoms with van der Waals surface area (Å²) in [7, 11) is 2.21. The Labute approximate surface area is 165 Å². The Hall–Kier alpha value is -1.59. The van der Waals surface area contributed by atoms with Crippen LogP contribution >= 0.6 is 0 Å². The molecule has 2 aliphatic heterocycles. The van der Waals surface area contributed by atoms with Crippen molar-refractivity contribution in [2.75, 3.05) is 59.4 Å². The minimum atomic E-state index is 0.509. The highest BCUT2D eigenvalue weighted by Crippen LogP contribution is 2.21. The number of rotatable bonds is 6. The van der Waals surface area contributed by atoms with Crippen LogP contribution in [0.1, 0.15) is 25.8 Å². The van der Waals surface area contributed by atoms with Gasteiger partial charge in [0.2, 0.25) is 0 Å². The lowest BCUT2D eigenvalue weighted by Crippen LogP contribution is -2.49. The van der Waals surface area contributed by atoms with E-state index in [0.717, 1.165) is 51.1 Å². The van der Waals surface area contributed by atoms with Crippen LogP contribution in [0.5, 0.6) is 0 Å². The van der Waals surface area contributed by atoms with Gasteiger partial charge in [0.1, 0.15) is 0 Å². The monoisotopic (exact) mass is 371 g/mol. The summed E-state index contributed by atoms with van der Waals surface area (Å²) in [4.78, 5) is 12.5. The van der Waals surface area contributed by atoms with Crippen molar-refractivity contribution in [1.29, 1.82) is 0 Å². The van der Waals surface area contributed by atoms with Gasteiger partial charge >= 0.3 is 0 Å². The molecule has 150 valence electrons. The molecule has 0 amide bonds. The second-order valence-electron chi connectivity index (χ2n) is 8.17. The minimum absolute atomic E-state index is 0.509. The predicted octanol–water partition coefficient (Wildman–Crippen LogP) is 2.15. The molecule has 2 heterocycles. The molecule has 3 rings (SSSR count). The summed E-state index contributed by atoms with van der Waals surface area (Å²) in [5, 5.41) is 3.52. The number of nitrogens with one attached hydrogen (secondary N) is 1. The molecule has 1 aromatic carbocycles. The van der Waals surface area contributed by atoms with Crippen molar-refractivity contribution < 1.29 is 0 Å². The minimum Gasteiger partial charge on any atom is -0.357 e. The van der Waals surface area contributed by atoms with E-state index in [9.17, 15) is 0 Å². The molecular formula is C22H37N5. The molecule has 5 nitrogen and oxygen atoms in total. The first-order valence-corrected chi connectivity index (χ1v) is 10.7. The first-order chi connectivity index (χ1) is 13.2. The van der Waals surface area contributed by atoms with Gasteiger partial charge in [0.15, 0.2) is 5.96 Å². The smallest absolute Gasteiger partial charge is 0.193 e. The van der Waals surface area contributed by atoms with E-state index >= 15 is 0 Å². The molecule has 0 aromatic heterocycles. The van der Waals surface area contributed by atoms with Crippen LogP contribution in [0.4, 0.5) is 0 Å². The number of aliphatic imine (C=N–C) groups is 1. The third-order valence-electron chi connectivity index (χ3n) is 5.95. The Balaban J connectivity index is 1.52. The number of hydrogen-bond donors (Lipinski definition) is 1. The quantitative estimate of drug-likeness (QED) is 0.614.